The summed E-state index contributed by atoms with van der Waals surface area (Å²) in [6, 6.07) is 11.7. The predicted octanol–water partition coefficient (Wildman–Crippen LogP) is 1.81. The third-order valence-electron chi connectivity index (χ3n) is 1.98. The van der Waals surface area contributed by atoms with Crippen molar-refractivity contribution in [1.29, 1.82) is 10.5 Å². The Hall–Kier alpha value is -2.92. The summed E-state index contributed by atoms with van der Waals surface area (Å²) >= 11 is 0. The quantitative estimate of drug-likeness (QED) is 0.772. The fraction of sp³-hybridized carbons (Fsp3) is 0. The number of aromatic nitrogens is 2. The number of ether oxygens (including phenoxy) is 1. The van der Waals surface area contributed by atoms with Crippen LogP contribution in [0.1, 0.15) is 11.1 Å². The first-order valence-electron chi connectivity index (χ1n) is 4.66. The molecule has 0 amide bonds. The minimum atomic E-state index is 0.185. The van der Waals surface area contributed by atoms with E-state index >= 15 is 0 Å². The highest BCUT2D eigenvalue weighted by Crippen LogP contribution is 2.25. The molecule has 0 saturated carbocycles. The lowest BCUT2D eigenvalue weighted by Gasteiger charge is -2.05. The third kappa shape index (κ3) is 2.19. The van der Waals surface area contributed by atoms with E-state index in [0.29, 0.717) is 0 Å². The van der Waals surface area contributed by atoms with E-state index in [1.807, 2.05) is 12.1 Å². The monoisotopic (exact) mass is 221 g/mol. The molecule has 1 radical (unpaired) electrons. The highest BCUT2D eigenvalue weighted by molar-refractivity contribution is 5.54. The number of nitrogens with zero attached hydrogens (tertiary/aromatic N) is 4. The van der Waals surface area contributed by atoms with Gasteiger partial charge in [-0.05, 0) is 18.2 Å². The molecule has 0 aliphatic rings. The molecule has 0 saturated heterocycles. The van der Waals surface area contributed by atoms with Crippen LogP contribution in [0.2, 0.25) is 0 Å². The van der Waals surface area contributed by atoms with E-state index in [2.05, 4.69) is 16.4 Å². The number of hydrogen-bond donors (Lipinski definition) is 0. The van der Waals surface area contributed by atoms with Crippen molar-refractivity contribution in [3.8, 4) is 23.8 Å². The van der Waals surface area contributed by atoms with Crippen molar-refractivity contribution in [2.24, 2.45) is 0 Å². The second kappa shape index (κ2) is 4.73. The highest BCUT2D eigenvalue weighted by atomic mass is 16.5. The first kappa shape index (κ1) is 10.6. The van der Waals surface area contributed by atoms with Gasteiger partial charge in [0.2, 0.25) is 5.88 Å². The van der Waals surface area contributed by atoms with Gasteiger partial charge in [-0.3, -0.25) is 0 Å². The summed E-state index contributed by atoms with van der Waals surface area (Å²) in [4.78, 5) is 0. The number of benzene rings is 1. The topological polar surface area (TPSA) is 82.6 Å². The summed E-state index contributed by atoms with van der Waals surface area (Å²) < 4.78 is 5.38. The van der Waals surface area contributed by atoms with Crippen molar-refractivity contribution in [2.75, 3.05) is 0 Å². The molecule has 0 spiro atoms. The Labute approximate surface area is 97.5 Å². The Balaban J connectivity index is 2.41. The van der Waals surface area contributed by atoms with E-state index in [1.165, 1.54) is 0 Å². The van der Waals surface area contributed by atoms with Crippen LogP contribution in [0.4, 0.5) is 0 Å². The van der Waals surface area contributed by atoms with Gasteiger partial charge in [0, 0.05) is 6.07 Å². The van der Waals surface area contributed by atoms with Gasteiger partial charge in [-0.25, -0.2) is 0 Å². The van der Waals surface area contributed by atoms with Crippen LogP contribution in [0.5, 0.6) is 11.6 Å². The van der Waals surface area contributed by atoms with Crippen molar-refractivity contribution < 1.29 is 4.74 Å². The predicted molar refractivity (Wildman–Crippen MR) is 56.8 cm³/mol. The van der Waals surface area contributed by atoms with Crippen molar-refractivity contribution >= 4 is 0 Å². The molecular formula is C12H5N4O. The number of hydrogen-bond acceptors (Lipinski definition) is 5. The third-order valence-corrected chi connectivity index (χ3v) is 1.98. The maximum atomic E-state index is 8.99. The molecule has 17 heavy (non-hydrogen) atoms. The summed E-state index contributed by atoms with van der Waals surface area (Å²) in [7, 11) is 0. The van der Waals surface area contributed by atoms with Crippen molar-refractivity contribution in [1.82, 2.24) is 10.2 Å². The van der Waals surface area contributed by atoms with Gasteiger partial charge in [-0.1, -0.05) is 6.07 Å². The average molecular weight is 221 g/mol. The van der Waals surface area contributed by atoms with Crippen LogP contribution >= 0.6 is 0 Å². The van der Waals surface area contributed by atoms with Crippen LogP contribution in [0, 0.1) is 28.9 Å². The van der Waals surface area contributed by atoms with E-state index in [-0.39, 0.29) is 22.8 Å². The van der Waals surface area contributed by atoms with Gasteiger partial charge in [0.15, 0.2) is 0 Å². The fourth-order valence-corrected chi connectivity index (χ4v) is 1.25. The van der Waals surface area contributed by atoms with Gasteiger partial charge < -0.3 is 4.74 Å². The van der Waals surface area contributed by atoms with E-state index in [4.69, 9.17) is 15.3 Å². The van der Waals surface area contributed by atoms with Gasteiger partial charge in [-0.15, -0.1) is 10.2 Å². The van der Waals surface area contributed by atoms with Gasteiger partial charge in [0.1, 0.15) is 29.6 Å². The lowest BCUT2D eigenvalue weighted by atomic mass is 10.1. The van der Waals surface area contributed by atoms with E-state index in [0.717, 1.165) is 0 Å². The molecule has 1 heterocycles. The van der Waals surface area contributed by atoms with Gasteiger partial charge in [-0.2, -0.15) is 10.5 Å². The SMILES string of the molecule is N#Cc1cccc(Oc2cc[c]nn2)c1C#N. The van der Waals surface area contributed by atoms with Crippen LogP contribution in [-0.4, -0.2) is 10.2 Å². The average Bonchev–Trinajstić information content (AvgIpc) is 2.39. The van der Waals surface area contributed by atoms with Crippen LogP contribution in [0.15, 0.2) is 30.3 Å². The zero-order valence-corrected chi connectivity index (χ0v) is 8.58. The molecule has 5 heteroatoms. The molecule has 0 fully saturated rings. The molecule has 1 aromatic carbocycles. The van der Waals surface area contributed by atoms with Crippen molar-refractivity contribution in [2.45, 2.75) is 0 Å². The molecule has 0 aliphatic carbocycles. The summed E-state index contributed by atoms with van der Waals surface area (Å²) in [6.07, 6.45) is 2.51. The molecule has 79 valence electrons. The van der Waals surface area contributed by atoms with Crippen LogP contribution in [-0.2, 0) is 0 Å². The van der Waals surface area contributed by atoms with Crippen LogP contribution in [0.3, 0.4) is 0 Å². The maximum absolute atomic E-state index is 8.99. The normalized spacial score (nSPS) is 9.06. The van der Waals surface area contributed by atoms with Crippen molar-refractivity contribution in [3.05, 3.63) is 47.7 Å². The minimum Gasteiger partial charge on any atom is -0.436 e. The zero-order chi connectivity index (χ0) is 12.1. The maximum Gasteiger partial charge on any atom is 0.238 e. The summed E-state index contributed by atoms with van der Waals surface area (Å²) in [5.41, 5.74) is 0.449. The van der Waals surface area contributed by atoms with Crippen LogP contribution in [0.25, 0.3) is 0 Å². The summed E-state index contributed by atoms with van der Waals surface area (Å²) in [5.74, 6) is 0.530. The zero-order valence-electron chi connectivity index (χ0n) is 8.58. The second-order valence-electron chi connectivity index (χ2n) is 3.01. The molecule has 0 aliphatic heterocycles. The highest BCUT2D eigenvalue weighted by Gasteiger charge is 2.09. The Morgan fingerprint density at radius 1 is 1.18 bits per heavy atom. The van der Waals surface area contributed by atoms with E-state index in [9.17, 15) is 0 Å². The largest absolute Gasteiger partial charge is 0.436 e. The molecule has 2 rings (SSSR count). The molecule has 5 nitrogen and oxygen atoms in total. The van der Waals surface area contributed by atoms with Gasteiger partial charge in [0.25, 0.3) is 0 Å². The Bertz CT molecular complexity index is 611. The first-order chi connectivity index (χ1) is 8.35. The molecule has 2 aromatic rings. The summed E-state index contributed by atoms with van der Waals surface area (Å²) in [6.45, 7) is 0. The lowest BCUT2D eigenvalue weighted by Crippen LogP contribution is -1.94. The Morgan fingerprint density at radius 3 is 2.71 bits per heavy atom. The number of rotatable bonds is 2. The molecule has 0 bridgehead atoms. The minimum absolute atomic E-state index is 0.185. The smallest absolute Gasteiger partial charge is 0.238 e. The molecule has 0 atom stereocenters. The molecular weight excluding hydrogens is 216 g/mol. The van der Waals surface area contributed by atoms with Gasteiger partial charge in [0.05, 0.1) is 5.56 Å². The fourth-order valence-electron chi connectivity index (χ4n) is 1.25. The second-order valence-corrected chi connectivity index (χ2v) is 3.01. The van der Waals surface area contributed by atoms with E-state index in [1.54, 1.807) is 30.3 Å². The summed E-state index contributed by atoms with van der Waals surface area (Å²) in [5, 5.41) is 25.1. The molecule has 0 unspecified atom stereocenters. The molecule has 1 aromatic heterocycles. The number of nitriles is 2. The molecule has 0 N–H and O–H groups in total. The Kier molecular flexibility index (Phi) is 2.95. The van der Waals surface area contributed by atoms with Crippen molar-refractivity contribution in [3.63, 3.8) is 0 Å². The van der Waals surface area contributed by atoms with Gasteiger partial charge >= 0.3 is 0 Å². The van der Waals surface area contributed by atoms with Crippen LogP contribution < -0.4 is 4.74 Å². The Morgan fingerprint density at radius 2 is 2.06 bits per heavy atom. The first-order valence-corrected chi connectivity index (χ1v) is 4.66. The van der Waals surface area contributed by atoms with E-state index < -0.39 is 0 Å². The standard InChI is InChI=1S/C12H5N4O/c13-7-9-3-1-4-11(10(9)8-14)17-12-5-2-6-15-16-12/h1-5H. The lowest BCUT2D eigenvalue weighted by molar-refractivity contribution is 0.453.